The molecule has 1 saturated heterocycles. The van der Waals surface area contributed by atoms with Crippen LogP contribution >= 0.6 is 0 Å². The minimum Gasteiger partial charge on any atom is -0.299 e. The molecule has 0 spiro atoms. The zero-order valence-corrected chi connectivity index (χ0v) is 17.1. The molecular weight excluding hydrogens is 372 g/mol. The Kier molecular flexibility index (Phi) is 5.23. The van der Waals surface area contributed by atoms with Crippen LogP contribution in [0.1, 0.15) is 37.8 Å². The normalized spacial score (nSPS) is 17.2. The predicted octanol–water partition coefficient (Wildman–Crippen LogP) is 3.75. The lowest BCUT2D eigenvalue weighted by molar-refractivity contribution is 0.297. The highest BCUT2D eigenvalue weighted by molar-refractivity contribution is 7.86. The zero-order chi connectivity index (χ0) is 19.7. The van der Waals surface area contributed by atoms with Gasteiger partial charge in [-0.25, -0.2) is 4.98 Å². The molecule has 1 fully saturated rings. The van der Waals surface area contributed by atoms with Gasteiger partial charge in [0.15, 0.2) is 0 Å². The van der Waals surface area contributed by atoms with E-state index in [1.165, 1.54) is 4.31 Å². The summed E-state index contributed by atoms with van der Waals surface area (Å²) in [6.07, 6.45) is 4.80. The summed E-state index contributed by atoms with van der Waals surface area (Å²) < 4.78 is 31.0. The largest absolute Gasteiger partial charge is 0.299 e. The van der Waals surface area contributed by atoms with Gasteiger partial charge in [0.25, 0.3) is 10.2 Å². The van der Waals surface area contributed by atoms with E-state index in [9.17, 15) is 8.42 Å². The molecule has 1 aliphatic rings. The van der Waals surface area contributed by atoms with Crippen LogP contribution < -0.4 is 0 Å². The molecule has 2 aromatic carbocycles. The second kappa shape index (κ2) is 7.66. The Morgan fingerprint density at radius 2 is 1.68 bits per heavy atom. The number of fused-ring (bicyclic) bond motifs is 1. The van der Waals surface area contributed by atoms with Gasteiger partial charge in [-0.15, -0.1) is 0 Å². The summed E-state index contributed by atoms with van der Waals surface area (Å²) in [5, 5.41) is 0. The maximum Gasteiger partial charge on any atom is 0.282 e. The quantitative estimate of drug-likeness (QED) is 0.658. The first kappa shape index (κ1) is 19.1. The van der Waals surface area contributed by atoms with Crippen molar-refractivity contribution in [3.8, 4) is 5.69 Å². The molecule has 0 N–H and O–H groups in total. The molecule has 1 aromatic heterocycles. The van der Waals surface area contributed by atoms with E-state index < -0.39 is 10.2 Å². The van der Waals surface area contributed by atoms with E-state index in [0.29, 0.717) is 13.1 Å². The van der Waals surface area contributed by atoms with Gasteiger partial charge >= 0.3 is 0 Å². The van der Waals surface area contributed by atoms with Gasteiger partial charge in [0.1, 0.15) is 6.33 Å². The number of nitrogens with zero attached hydrogens (tertiary/aromatic N) is 4. The summed E-state index contributed by atoms with van der Waals surface area (Å²) in [6.45, 7) is 3.17. The minimum absolute atomic E-state index is 0.236. The molecule has 0 bridgehead atoms. The molecule has 3 aromatic rings. The lowest BCUT2D eigenvalue weighted by Gasteiger charge is -2.33. The van der Waals surface area contributed by atoms with Gasteiger partial charge in [0.2, 0.25) is 0 Å². The van der Waals surface area contributed by atoms with Crippen molar-refractivity contribution in [2.24, 2.45) is 0 Å². The molecule has 0 aliphatic carbocycles. The SMILES string of the molecule is CC(c1ccc(-n2cnc3ccccc32)cc1)N(C)S(=O)(=O)N1CCCCC1. The van der Waals surface area contributed by atoms with E-state index in [4.69, 9.17) is 0 Å². The van der Waals surface area contributed by atoms with Gasteiger partial charge in [0.05, 0.1) is 11.0 Å². The molecule has 2 heterocycles. The van der Waals surface area contributed by atoms with Crippen molar-refractivity contribution in [2.75, 3.05) is 20.1 Å². The second-order valence-electron chi connectivity index (χ2n) is 7.35. The monoisotopic (exact) mass is 398 g/mol. The molecule has 7 heteroatoms. The highest BCUT2D eigenvalue weighted by atomic mass is 32.2. The Balaban J connectivity index is 1.56. The third-order valence-corrected chi connectivity index (χ3v) is 7.72. The van der Waals surface area contributed by atoms with E-state index in [0.717, 1.165) is 41.5 Å². The fourth-order valence-electron chi connectivity index (χ4n) is 3.77. The number of benzene rings is 2. The Labute approximate surface area is 166 Å². The molecule has 0 saturated carbocycles. The second-order valence-corrected chi connectivity index (χ2v) is 9.34. The Bertz CT molecular complexity index is 1050. The van der Waals surface area contributed by atoms with Crippen LogP contribution in [0, 0.1) is 0 Å². The van der Waals surface area contributed by atoms with E-state index in [2.05, 4.69) is 4.98 Å². The van der Waals surface area contributed by atoms with Crippen LogP contribution in [0.25, 0.3) is 16.7 Å². The summed E-state index contributed by atoms with van der Waals surface area (Å²) in [5.74, 6) is 0. The third kappa shape index (κ3) is 3.45. The van der Waals surface area contributed by atoms with Gasteiger partial charge in [-0.3, -0.25) is 4.57 Å². The summed E-state index contributed by atoms with van der Waals surface area (Å²) in [4.78, 5) is 4.43. The number of aromatic nitrogens is 2. The van der Waals surface area contributed by atoms with Crippen LogP contribution in [0.15, 0.2) is 54.9 Å². The van der Waals surface area contributed by atoms with E-state index in [1.807, 2.05) is 66.3 Å². The van der Waals surface area contributed by atoms with Gasteiger partial charge < -0.3 is 0 Å². The van der Waals surface area contributed by atoms with Crippen molar-refractivity contribution >= 4 is 21.2 Å². The Morgan fingerprint density at radius 1 is 1.00 bits per heavy atom. The van der Waals surface area contributed by atoms with E-state index in [1.54, 1.807) is 11.4 Å². The molecule has 1 aliphatic heterocycles. The number of hydrogen-bond acceptors (Lipinski definition) is 3. The summed E-state index contributed by atoms with van der Waals surface area (Å²) in [5.41, 5.74) is 3.97. The number of hydrogen-bond donors (Lipinski definition) is 0. The van der Waals surface area contributed by atoms with Crippen LogP contribution in [0.2, 0.25) is 0 Å². The molecule has 1 unspecified atom stereocenters. The molecule has 148 valence electrons. The van der Waals surface area contributed by atoms with Crippen molar-refractivity contribution in [2.45, 2.75) is 32.2 Å². The maximum atomic E-state index is 12.9. The Morgan fingerprint density at radius 3 is 2.39 bits per heavy atom. The summed E-state index contributed by atoms with van der Waals surface area (Å²) in [6, 6.07) is 15.8. The van der Waals surface area contributed by atoms with Crippen LogP contribution in [0.3, 0.4) is 0 Å². The number of piperidine rings is 1. The molecule has 0 radical (unpaired) electrons. The maximum absolute atomic E-state index is 12.9. The first-order chi connectivity index (χ1) is 13.5. The summed E-state index contributed by atoms with van der Waals surface area (Å²) in [7, 11) is -1.77. The lowest BCUT2D eigenvalue weighted by atomic mass is 10.1. The zero-order valence-electron chi connectivity index (χ0n) is 16.3. The smallest absolute Gasteiger partial charge is 0.282 e. The molecule has 28 heavy (non-hydrogen) atoms. The minimum atomic E-state index is -3.44. The molecule has 6 nitrogen and oxygen atoms in total. The lowest BCUT2D eigenvalue weighted by Crippen LogP contribution is -2.45. The van der Waals surface area contributed by atoms with Gasteiger partial charge in [0, 0.05) is 31.9 Å². The van der Waals surface area contributed by atoms with Gasteiger partial charge in [-0.05, 0) is 49.6 Å². The predicted molar refractivity (Wildman–Crippen MR) is 112 cm³/mol. The van der Waals surface area contributed by atoms with Crippen molar-refractivity contribution in [1.29, 1.82) is 0 Å². The van der Waals surface area contributed by atoms with E-state index >= 15 is 0 Å². The highest BCUT2D eigenvalue weighted by Gasteiger charge is 2.31. The van der Waals surface area contributed by atoms with Crippen LogP contribution in [0.5, 0.6) is 0 Å². The fourth-order valence-corrected chi connectivity index (χ4v) is 5.37. The summed E-state index contributed by atoms with van der Waals surface area (Å²) >= 11 is 0. The first-order valence-corrected chi connectivity index (χ1v) is 11.1. The molecular formula is C21H26N4O2S. The number of rotatable bonds is 5. The fraction of sp³-hybridized carbons (Fsp3) is 0.381. The van der Waals surface area contributed by atoms with Crippen molar-refractivity contribution in [3.05, 3.63) is 60.4 Å². The van der Waals surface area contributed by atoms with Crippen LogP contribution in [-0.4, -0.2) is 46.7 Å². The molecule has 4 rings (SSSR count). The number of para-hydroxylation sites is 2. The van der Waals surface area contributed by atoms with Crippen molar-refractivity contribution in [1.82, 2.24) is 18.2 Å². The third-order valence-electron chi connectivity index (χ3n) is 5.66. The van der Waals surface area contributed by atoms with Crippen LogP contribution in [-0.2, 0) is 10.2 Å². The topological polar surface area (TPSA) is 58.4 Å². The average molecular weight is 399 g/mol. The molecule has 1 atom stereocenters. The molecule has 0 amide bonds. The average Bonchev–Trinajstić information content (AvgIpc) is 3.17. The standard InChI is InChI=1S/C21H26N4O2S/c1-17(23(2)28(26,27)24-14-6-3-7-15-24)18-10-12-19(13-11-18)25-16-22-20-8-4-5-9-21(20)25/h4-5,8-13,16-17H,3,6-7,14-15H2,1-2H3. The van der Waals surface area contributed by atoms with Gasteiger partial charge in [-0.1, -0.05) is 30.7 Å². The van der Waals surface area contributed by atoms with Crippen molar-refractivity contribution in [3.63, 3.8) is 0 Å². The van der Waals surface area contributed by atoms with Gasteiger partial charge in [-0.2, -0.15) is 17.0 Å². The van der Waals surface area contributed by atoms with E-state index in [-0.39, 0.29) is 6.04 Å². The highest BCUT2D eigenvalue weighted by Crippen LogP contribution is 2.26. The van der Waals surface area contributed by atoms with Crippen LogP contribution in [0.4, 0.5) is 0 Å². The number of imidazole rings is 1. The van der Waals surface area contributed by atoms with Crippen molar-refractivity contribution < 1.29 is 8.42 Å². The Hall–Kier alpha value is -2.22. The first-order valence-electron chi connectivity index (χ1n) is 9.74.